The third-order valence-electron chi connectivity index (χ3n) is 4.42. The summed E-state index contributed by atoms with van der Waals surface area (Å²) in [5, 5.41) is 0. The van der Waals surface area contributed by atoms with Gasteiger partial charge in [-0.05, 0) is 42.7 Å². The topological polar surface area (TPSA) is 29.5 Å². The molecule has 0 saturated heterocycles. The number of carbonyl (C=O) groups is 1. The summed E-state index contributed by atoms with van der Waals surface area (Å²) in [6, 6.07) is 10.1. The predicted octanol–water partition coefficient (Wildman–Crippen LogP) is 5.50. The lowest BCUT2D eigenvalue weighted by molar-refractivity contribution is -0.144. The lowest BCUT2D eigenvalue weighted by Crippen LogP contribution is -2.34. The standard InChI is InChI=1S/C21H21F6NO2/c1-3-30-18(15-7-5-4-6-8-15)19(29)28(2)10-9-14-11-16(20(22,23)24)13-17(12-14)21(25,26)27/h4-8,11-13,18H,3,9-10H2,1-2H3/t18-/m1/s1. The van der Waals surface area contributed by atoms with E-state index in [4.69, 9.17) is 4.74 Å². The SMILES string of the molecule is CCO[C@@H](C(=O)N(C)CCc1cc(C(F)(F)F)cc(C(F)(F)F)c1)c1ccccc1. The fraction of sp³-hybridized carbons (Fsp3) is 0.381. The number of hydrogen-bond acceptors (Lipinski definition) is 2. The maximum Gasteiger partial charge on any atom is 0.416 e. The zero-order valence-electron chi connectivity index (χ0n) is 16.3. The molecular weight excluding hydrogens is 412 g/mol. The van der Waals surface area contributed by atoms with Crippen molar-refractivity contribution in [2.45, 2.75) is 31.8 Å². The van der Waals surface area contributed by atoms with Crippen LogP contribution in [0.1, 0.15) is 35.3 Å². The monoisotopic (exact) mass is 433 g/mol. The number of rotatable bonds is 7. The molecule has 0 bridgehead atoms. The van der Waals surface area contributed by atoms with Gasteiger partial charge in [-0.2, -0.15) is 26.3 Å². The highest BCUT2D eigenvalue weighted by Crippen LogP contribution is 2.36. The zero-order valence-corrected chi connectivity index (χ0v) is 16.3. The number of hydrogen-bond donors (Lipinski definition) is 0. The average molecular weight is 433 g/mol. The van der Waals surface area contributed by atoms with Gasteiger partial charge in [0.05, 0.1) is 11.1 Å². The van der Waals surface area contributed by atoms with E-state index in [1.165, 1.54) is 11.9 Å². The summed E-state index contributed by atoms with van der Waals surface area (Å²) in [6.07, 6.45) is -10.9. The van der Waals surface area contributed by atoms with Crippen LogP contribution in [0.3, 0.4) is 0 Å². The second-order valence-electron chi connectivity index (χ2n) is 6.67. The number of carbonyl (C=O) groups excluding carboxylic acids is 1. The molecule has 0 aliphatic carbocycles. The Bertz CT molecular complexity index is 817. The summed E-state index contributed by atoms with van der Waals surface area (Å²) in [6.45, 7) is 1.89. The summed E-state index contributed by atoms with van der Waals surface area (Å²) in [7, 11) is 1.43. The van der Waals surface area contributed by atoms with Crippen LogP contribution in [0.15, 0.2) is 48.5 Å². The van der Waals surface area contributed by atoms with E-state index in [1.807, 2.05) is 0 Å². The van der Waals surface area contributed by atoms with E-state index in [2.05, 4.69) is 0 Å². The number of halogens is 6. The minimum Gasteiger partial charge on any atom is -0.364 e. The molecule has 0 aromatic heterocycles. The smallest absolute Gasteiger partial charge is 0.364 e. The van der Waals surface area contributed by atoms with Gasteiger partial charge in [-0.15, -0.1) is 0 Å². The van der Waals surface area contributed by atoms with Crippen LogP contribution in [0.25, 0.3) is 0 Å². The number of alkyl halides is 6. The van der Waals surface area contributed by atoms with Gasteiger partial charge in [-0.1, -0.05) is 30.3 Å². The number of nitrogens with zero attached hydrogens (tertiary/aromatic N) is 1. The molecule has 0 N–H and O–H groups in total. The molecule has 2 rings (SSSR count). The molecule has 0 heterocycles. The van der Waals surface area contributed by atoms with Crippen molar-refractivity contribution >= 4 is 5.91 Å². The molecule has 0 aliphatic heterocycles. The first-order chi connectivity index (χ1) is 13.9. The minimum atomic E-state index is -4.91. The molecule has 0 unspecified atom stereocenters. The van der Waals surface area contributed by atoms with Crippen LogP contribution in [0.2, 0.25) is 0 Å². The van der Waals surface area contributed by atoms with Gasteiger partial charge in [0.1, 0.15) is 0 Å². The van der Waals surface area contributed by atoms with Gasteiger partial charge in [-0.3, -0.25) is 4.79 Å². The van der Waals surface area contributed by atoms with Crippen LogP contribution in [0.4, 0.5) is 26.3 Å². The highest BCUT2D eigenvalue weighted by molar-refractivity contribution is 5.82. The van der Waals surface area contributed by atoms with Gasteiger partial charge in [-0.25, -0.2) is 0 Å². The lowest BCUT2D eigenvalue weighted by Gasteiger charge is -2.24. The summed E-state index contributed by atoms with van der Waals surface area (Å²) >= 11 is 0. The normalized spacial score (nSPS) is 13.2. The average Bonchev–Trinajstić information content (AvgIpc) is 2.68. The van der Waals surface area contributed by atoms with Crippen LogP contribution in [-0.4, -0.2) is 31.0 Å². The Balaban J connectivity index is 2.20. The van der Waals surface area contributed by atoms with Crippen molar-refractivity contribution in [1.82, 2.24) is 4.90 Å². The Kier molecular flexibility index (Phi) is 7.52. The molecule has 2 aromatic rings. The largest absolute Gasteiger partial charge is 0.416 e. The first-order valence-electron chi connectivity index (χ1n) is 9.13. The second-order valence-corrected chi connectivity index (χ2v) is 6.67. The molecular formula is C21H21F6NO2. The second kappa shape index (κ2) is 9.51. The summed E-state index contributed by atoms with van der Waals surface area (Å²) in [5.74, 6) is -0.439. The first kappa shape index (κ1) is 23.7. The van der Waals surface area contributed by atoms with Crippen LogP contribution >= 0.6 is 0 Å². The molecule has 0 radical (unpaired) electrons. The first-order valence-corrected chi connectivity index (χ1v) is 9.13. The van der Waals surface area contributed by atoms with Crippen molar-refractivity contribution in [2.75, 3.05) is 20.2 Å². The van der Waals surface area contributed by atoms with Crippen LogP contribution < -0.4 is 0 Å². The highest BCUT2D eigenvalue weighted by atomic mass is 19.4. The number of ether oxygens (including phenoxy) is 1. The molecule has 2 aromatic carbocycles. The maximum atomic E-state index is 13.0. The molecule has 0 fully saturated rings. The Morgan fingerprint density at radius 1 is 0.967 bits per heavy atom. The fourth-order valence-corrected chi connectivity index (χ4v) is 2.88. The Morgan fingerprint density at radius 2 is 1.50 bits per heavy atom. The van der Waals surface area contributed by atoms with Crippen molar-refractivity contribution in [2.24, 2.45) is 0 Å². The van der Waals surface area contributed by atoms with Crippen LogP contribution in [0, 0.1) is 0 Å². The number of likely N-dealkylation sites (N-methyl/N-ethyl adjacent to an activating group) is 1. The fourth-order valence-electron chi connectivity index (χ4n) is 2.88. The van der Waals surface area contributed by atoms with Crippen molar-refractivity contribution in [3.8, 4) is 0 Å². The van der Waals surface area contributed by atoms with Gasteiger partial charge < -0.3 is 9.64 Å². The van der Waals surface area contributed by atoms with Gasteiger partial charge in [0.2, 0.25) is 0 Å². The van der Waals surface area contributed by atoms with E-state index in [-0.39, 0.29) is 31.2 Å². The molecule has 9 heteroatoms. The third kappa shape index (κ3) is 6.22. The maximum absolute atomic E-state index is 13.0. The van der Waals surface area contributed by atoms with Gasteiger partial charge in [0.25, 0.3) is 5.91 Å². The van der Waals surface area contributed by atoms with Crippen LogP contribution in [0.5, 0.6) is 0 Å². The van der Waals surface area contributed by atoms with Gasteiger partial charge >= 0.3 is 12.4 Å². The van der Waals surface area contributed by atoms with E-state index in [0.29, 0.717) is 17.7 Å². The molecule has 1 amide bonds. The van der Waals surface area contributed by atoms with E-state index in [0.717, 1.165) is 0 Å². The van der Waals surface area contributed by atoms with E-state index in [9.17, 15) is 31.1 Å². The molecule has 3 nitrogen and oxygen atoms in total. The van der Waals surface area contributed by atoms with E-state index >= 15 is 0 Å². The molecule has 0 aliphatic rings. The zero-order chi connectivity index (χ0) is 22.5. The summed E-state index contributed by atoms with van der Waals surface area (Å²) in [4.78, 5) is 14.0. The Hall–Kier alpha value is -2.55. The quantitative estimate of drug-likeness (QED) is 0.540. The van der Waals surface area contributed by atoms with Crippen LogP contribution in [-0.2, 0) is 28.3 Å². The van der Waals surface area contributed by atoms with Gasteiger partial charge in [0, 0.05) is 20.2 Å². The number of amides is 1. The minimum absolute atomic E-state index is 0.0755. The molecule has 164 valence electrons. The molecule has 0 spiro atoms. The summed E-state index contributed by atoms with van der Waals surface area (Å²) < 4.78 is 83.5. The predicted molar refractivity (Wildman–Crippen MR) is 98.6 cm³/mol. The summed E-state index contributed by atoms with van der Waals surface area (Å²) in [5.41, 5.74) is -2.31. The lowest BCUT2D eigenvalue weighted by atomic mass is 10.0. The van der Waals surface area contributed by atoms with Crippen molar-refractivity contribution in [3.63, 3.8) is 0 Å². The van der Waals surface area contributed by atoms with Gasteiger partial charge in [0.15, 0.2) is 6.10 Å². The Labute approximate surface area is 170 Å². The molecule has 1 atom stereocenters. The third-order valence-corrected chi connectivity index (χ3v) is 4.42. The van der Waals surface area contributed by atoms with Crippen molar-refractivity contribution < 1.29 is 35.9 Å². The highest BCUT2D eigenvalue weighted by Gasteiger charge is 2.37. The van der Waals surface area contributed by atoms with Crippen molar-refractivity contribution in [1.29, 1.82) is 0 Å². The molecule has 0 saturated carbocycles. The molecule has 30 heavy (non-hydrogen) atoms. The Morgan fingerprint density at radius 3 is 1.97 bits per heavy atom. The van der Waals surface area contributed by atoms with E-state index in [1.54, 1.807) is 37.3 Å². The van der Waals surface area contributed by atoms with Crippen molar-refractivity contribution in [3.05, 3.63) is 70.8 Å². The van der Waals surface area contributed by atoms with E-state index < -0.39 is 35.5 Å². The number of benzene rings is 2.